The van der Waals surface area contributed by atoms with E-state index in [0.29, 0.717) is 19.5 Å². The predicted molar refractivity (Wildman–Crippen MR) is 59.5 cm³/mol. The van der Waals surface area contributed by atoms with Crippen LogP contribution in [0.2, 0.25) is 0 Å². The van der Waals surface area contributed by atoms with Crippen molar-refractivity contribution in [1.82, 2.24) is 9.80 Å². The van der Waals surface area contributed by atoms with Crippen LogP contribution in [0.25, 0.3) is 0 Å². The van der Waals surface area contributed by atoms with Crippen LogP contribution >= 0.6 is 0 Å². The number of carbonyl (C=O) groups is 2. The molecule has 2 rings (SSSR count). The Labute approximate surface area is 99.8 Å². The van der Waals surface area contributed by atoms with Gasteiger partial charge in [0, 0.05) is 19.6 Å². The summed E-state index contributed by atoms with van der Waals surface area (Å²) < 4.78 is 0. The van der Waals surface area contributed by atoms with Gasteiger partial charge >= 0.3 is 12.0 Å². The van der Waals surface area contributed by atoms with Gasteiger partial charge < -0.3 is 20.0 Å². The Hall–Kier alpha value is -1.30. The third-order valence-corrected chi connectivity index (χ3v) is 3.45. The third kappa shape index (κ3) is 2.52. The summed E-state index contributed by atoms with van der Waals surface area (Å²) in [5, 5.41) is 18.6. The van der Waals surface area contributed by atoms with Crippen molar-refractivity contribution in [2.45, 2.75) is 25.4 Å². The van der Waals surface area contributed by atoms with Crippen LogP contribution in [-0.2, 0) is 4.79 Å². The fraction of sp³-hybridized carbons (Fsp3) is 0.818. The summed E-state index contributed by atoms with van der Waals surface area (Å²) in [7, 11) is 0. The molecule has 0 aromatic rings. The average Bonchev–Trinajstić information content (AvgIpc) is 2.12. The minimum absolute atomic E-state index is 0.150. The van der Waals surface area contributed by atoms with Gasteiger partial charge in [-0.2, -0.15) is 0 Å². The number of likely N-dealkylation sites (tertiary alicyclic amines) is 2. The lowest BCUT2D eigenvalue weighted by atomic mass is 9.95. The van der Waals surface area contributed by atoms with Gasteiger partial charge in [0.15, 0.2) is 0 Å². The van der Waals surface area contributed by atoms with Gasteiger partial charge in [0.25, 0.3) is 0 Å². The molecule has 2 fully saturated rings. The molecule has 1 atom stereocenters. The molecule has 96 valence electrons. The Kier molecular flexibility index (Phi) is 2.99. The molecule has 6 heteroatoms. The monoisotopic (exact) mass is 242 g/mol. The summed E-state index contributed by atoms with van der Waals surface area (Å²) in [5.74, 6) is -1.27. The molecule has 1 unspecified atom stereocenters. The average molecular weight is 242 g/mol. The van der Waals surface area contributed by atoms with E-state index in [-0.39, 0.29) is 19.1 Å². The molecule has 2 aliphatic heterocycles. The zero-order valence-corrected chi connectivity index (χ0v) is 9.93. The van der Waals surface area contributed by atoms with Crippen molar-refractivity contribution in [3.8, 4) is 0 Å². The van der Waals surface area contributed by atoms with Crippen LogP contribution in [0, 0.1) is 5.92 Å². The van der Waals surface area contributed by atoms with Crippen LogP contribution in [0.4, 0.5) is 4.79 Å². The Morgan fingerprint density at radius 2 is 1.94 bits per heavy atom. The summed E-state index contributed by atoms with van der Waals surface area (Å²) in [4.78, 5) is 25.8. The molecule has 0 spiro atoms. The van der Waals surface area contributed by atoms with E-state index >= 15 is 0 Å². The molecule has 2 amide bonds. The molecular formula is C11H18N2O4. The van der Waals surface area contributed by atoms with Gasteiger partial charge in [-0.15, -0.1) is 0 Å². The van der Waals surface area contributed by atoms with E-state index in [1.165, 1.54) is 4.90 Å². The molecule has 0 saturated carbocycles. The van der Waals surface area contributed by atoms with Gasteiger partial charge in [-0.25, -0.2) is 4.79 Å². The minimum Gasteiger partial charge on any atom is -0.481 e. The molecule has 0 aromatic carbocycles. The van der Waals surface area contributed by atoms with Crippen molar-refractivity contribution in [2.24, 2.45) is 5.92 Å². The second kappa shape index (κ2) is 4.18. The molecule has 0 aliphatic carbocycles. The van der Waals surface area contributed by atoms with E-state index in [1.54, 1.807) is 11.8 Å². The predicted octanol–water partition coefficient (Wildman–Crippen LogP) is -0.0304. The van der Waals surface area contributed by atoms with Gasteiger partial charge in [-0.05, 0) is 19.8 Å². The lowest BCUT2D eigenvalue weighted by molar-refractivity contribution is -0.146. The third-order valence-electron chi connectivity index (χ3n) is 3.45. The van der Waals surface area contributed by atoms with Gasteiger partial charge in [0.2, 0.25) is 0 Å². The molecular weight excluding hydrogens is 224 g/mol. The molecule has 6 nitrogen and oxygen atoms in total. The Morgan fingerprint density at radius 1 is 1.29 bits per heavy atom. The van der Waals surface area contributed by atoms with Crippen molar-refractivity contribution in [3.05, 3.63) is 0 Å². The van der Waals surface area contributed by atoms with Crippen LogP contribution in [0.3, 0.4) is 0 Å². The smallest absolute Gasteiger partial charge is 0.320 e. The van der Waals surface area contributed by atoms with Crippen LogP contribution in [0.1, 0.15) is 19.8 Å². The highest BCUT2D eigenvalue weighted by molar-refractivity contribution is 5.80. The maximum Gasteiger partial charge on any atom is 0.320 e. The normalized spacial score (nSPS) is 30.0. The van der Waals surface area contributed by atoms with E-state index in [9.17, 15) is 14.7 Å². The first-order valence-electron chi connectivity index (χ1n) is 5.88. The molecule has 2 N–H and O–H groups in total. The second-order valence-corrected chi connectivity index (χ2v) is 5.24. The first kappa shape index (κ1) is 12.2. The maximum atomic E-state index is 12.0. The number of β-amino-alcohol motifs (C(OH)–C–C–N with tert-alkyl or cyclic N) is 1. The van der Waals surface area contributed by atoms with Crippen molar-refractivity contribution >= 4 is 12.0 Å². The fourth-order valence-electron chi connectivity index (χ4n) is 2.37. The van der Waals surface area contributed by atoms with E-state index in [4.69, 9.17) is 5.11 Å². The summed E-state index contributed by atoms with van der Waals surface area (Å²) in [5.41, 5.74) is -0.815. The van der Waals surface area contributed by atoms with Crippen LogP contribution in [0.15, 0.2) is 0 Å². The van der Waals surface area contributed by atoms with E-state index < -0.39 is 17.5 Å². The summed E-state index contributed by atoms with van der Waals surface area (Å²) in [6.07, 6.45) is 1.49. The van der Waals surface area contributed by atoms with E-state index in [2.05, 4.69) is 0 Å². The minimum atomic E-state index is -0.848. The van der Waals surface area contributed by atoms with Crippen molar-refractivity contribution in [3.63, 3.8) is 0 Å². The summed E-state index contributed by atoms with van der Waals surface area (Å²) in [6, 6.07) is -0.150. The van der Waals surface area contributed by atoms with Gasteiger partial charge in [-0.1, -0.05) is 0 Å². The second-order valence-electron chi connectivity index (χ2n) is 5.24. The van der Waals surface area contributed by atoms with Crippen molar-refractivity contribution < 1.29 is 19.8 Å². The number of urea groups is 1. The Balaban J connectivity index is 1.87. The lowest BCUT2D eigenvalue weighted by Crippen LogP contribution is -2.60. The zero-order chi connectivity index (χ0) is 12.6. The number of rotatable bonds is 1. The number of piperidine rings is 1. The number of carboxylic acids is 1. The first-order chi connectivity index (χ1) is 7.89. The summed E-state index contributed by atoms with van der Waals surface area (Å²) >= 11 is 0. The standard InChI is InChI=1S/C11H18N2O4/c1-11(17)3-2-4-12(7-11)10(16)13-5-8(6-13)9(14)15/h8,17H,2-7H2,1H3,(H,14,15). The number of amides is 2. The number of aliphatic hydroxyl groups is 1. The Bertz CT molecular complexity index is 336. The number of carboxylic acid groups (broad SMARTS) is 1. The highest BCUT2D eigenvalue weighted by Crippen LogP contribution is 2.24. The number of hydrogen-bond donors (Lipinski definition) is 2. The van der Waals surface area contributed by atoms with Gasteiger partial charge in [0.05, 0.1) is 18.1 Å². The van der Waals surface area contributed by atoms with Gasteiger partial charge in [-0.3, -0.25) is 4.79 Å². The first-order valence-corrected chi connectivity index (χ1v) is 5.88. The van der Waals surface area contributed by atoms with Gasteiger partial charge in [0.1, 0.15) is 0 Å². The van der Waals surface area contributed by atoms with Crippen LogP contribution < -0.4 is 0 Å². The number of nitrogens with zero attached hydrogens (tertiary/aromatic N) is 2. The Morgan fingerprint density at radius 3 is 2.47 bits per heavy atom. The molecule has 2 saturated heterocycles. The maximum absolute atomic E-state index is 12.0. The SMILES string of the molecule is CC1(O)CCCN(C(=O)N2CC(C(=O)O)C2)C1. The summed E-state index contributed by atoms with van der Waals surface area (Å²) in [6.45, 7) is 3.27. The fourth-order valence-corrected chi connectivity index (χ4v) is 2.37. The molecule has 2 heterocycles. The largest absolute Gasteiger partial charge is 0.481 e. The molecule has 0 radical (unpaired) electrons. The highest BCUT2D eigenvalue weighted by atomic mass is 16.4. The molecule has 0 aromatic heterocycles. The van der Waals surface area contributed by atoms with Crippen LogP contribution in [0.5, 0.6) is 0 Å². The molecule has 17 heavy (non-hydrogen) atoms. The topological polar surface area (TPSA) is 81.1 Å². The van der Waals surface area contributed by atoms with E-state index in [1.807, 2.05) is 0 Å². The number of carbonyl (C=O) groups excluding carboxylic acids is 1. The van der Waals surface area contributed by atoms with Crippen molar-refractivity contribution in [1.29, 1.82) is 0 Å². The number of aliphatic carboxylic acids is 1. The van der Waals surface area contributed by atoms with E-state index in [0.717, 1.165) is 6.42 Å². The quantitative estimate of drug-likeness (QED) is 0.676. The molecule has 2 aliphatic rings. The van der Waals surface area contributed by atoms with Crippen LogP contribution in [-0.4, -0.2) is 63.8 Å². The lowest BCUT2D eigenvalue weighted by Gasteiger charge is -2.43. The highest BCUT2D eigenvalue weighted by Gasteiger charge is 2.40. The zero-order valence-electron chi connectivity index (χ0n) is 9.93. The molecule has 0 bridgehead atoms. The number of hydrogen-bond acceptors (Lipinski definition) is 3. The van der Waals surface area contributed by atoms with Crippen molar-refractivity contribution in [2.75, 3.05) is 26.2 Å².